The molecule has 0 nitrogen and oxygen atoms in total. The first-order valence-corrected chi connectivity index (χ1v) is 21.3. The Morgan fingerprint density at radius 3 is 0.970 bits per heavy atom. The Morgan fingerprint density at radius 2 is 0.667 bits per heavy atom. The summed E-state index contributed by atoms with van der Waals surface area (Å²) in [6, 6.07) is 0. The topological polar surface area (TPSA) is 0 Å². The van der Waals surface area contributed by atoms with E-state index in [9.17, 15) is 0 Å². The van der Waals surface area contributed by atoms with E-state index in [1.807, 2.05) is 0 Å². The second-order valence-electron chi connectivity index (χ2n) is 10.4. The summed E-state index contributed by atoms with van der Waals surface area (Å²) in [4.78, 5) is 4.93. The standard InChI is InChI=1S/3C9H19.C5H5.Pt/c3*1-3-5-7-9-8-6-4-2;1-2-4-5-3-1;/h3*1,3-9H2,2H3;1-5H;. The Hall–Kier alpha value is 0.168. The van der Waals surface area contributed by atoms with Crippen molar-refractivity contribution in [3.8, 4) is 0 Å². The summed E-state index contributed by atoms with van der Waals surface area (Å²) < 4.78 is 0.887. The van der Waals surface area contributed by atoms with Crippen molar-refractivity contribution in [1.82, 2.24) is 0 Å². The molecule has 1 rings (SSSR count). The summed E-state index contributed by atoms with van der Waals surface area (Å²) in [5, 5.41) is 0. The van der Waals surface area contributed by atoms with E-state index >= 15 is 0 Å². The summed E-state index contributed by atoms with van der Waals surface area (Å²) in [6.45, 7) is 6.99. The van der Waals surface area contributed by atoms with Crippen LogP contribution in [0.1, 0.15) is 156 Å². The van der Waals surface area contributed by atoms with Crippen molar-refractivity contribution in [2.75, 3.05) is 0 Å². The van der Waals surface area contributed by atoms with Crippen molar-refractivity contribution < 1.29 is 16.1 Å². The Labute approximate surface area is 214 Å². The molecule has 0 saturated carbocycles. The maximum atomic E-state index is 2.63. The van der Waals surface area contributed by atoms with Crippen molar-refractivity contribution >= 4 is 0 Å². The zero-order valence-corrected chi connectivity index (χ0v) is 25.4. The molecule has 1 heteroatoms. The first-order chi connectivity index (χ1) is 16.3. The molecule has 0 fully saturated rings. The predicted molar refractivity (Wildman–Crippen MR) is 150 cm³/mol. The molecular weight excluding hydrogens is 579 g/mol. The average Bonchev–Trinajstić information content (AvgIpc) is 3.37. The molecule has 1 aliphatic rings. The van der Waals surface area contributed by atoms with E-state index in [1.165, 1.54) is 135 Å². The molecule has 0 aromatic heterocycles. The van der Waals surface area contributed by atoms with E-state index in [1.54, 1.807) is 14.4 Å². The first-order valence-electron chi connectivity index (χ1n) is 15.1. The number of rotatable bonds is 25. The van der Waals surface area contributed by atoms with Gasteiger partial charge in [-0.2, -0.15) is 0 Å². The van der Waals surface area contributed by atoms with E-state index < -0.39 is 16.1 Å². The minimum atomic E-state index is -1.80. The summed E-state index contributed by atoms with van der Waals surface area (Å²) >= 11 is -1.80. The van der Waals surface area contributed by atoms with Crippen LogP contribution in [-0.4, -0.2) is 0 Å². The van der Waals surface area contributed by atoms with Crippen molar-refractivity contribution in [2.24, 2.45) is 0 Å². The average molecular weight is 642 g/mol. The number of hydrogen-bond acceptors (Lipinski definition) is 0. The van der Waals surface area contributed by atoms with E-state index in [4.69, 9.17) is 0 Å². The van der Waals surface area contributed by atoms with Gasteiger partial charge >= 0.3 is 215 Å². The van der Waals surface area contributed by atoms with Gasteiger partial charge in [0.05, 0.1) is 0 Å². The van der Waals surface area contributed by atoms with Gasteiger partial charge in [-0.05, 0) is 0 Å². The Bertz CT molecular complexity index is 406. The van der Waals surface area contributed by atoms with Gasteiger partial charge in [-0.25, -0.2) is 0 Å². The molecule has 0 aromatic carbocycles. The summed E-state index contributed by atoms with van der Waals surface area (Å²) in [7, 11) is 0. The van der Waals surface area contributed by atoms with Crippen molar-refractivity contribution in [3.63, 3.8) is 0 Å². The van der Waals surface area contributed by atoms with Crippen LogP contribution in [0.2, 0.25) is 18.7 Å². The Morgan fingerprint density at radius 1 is 0.394 bits per heavy atom. The maximum absolute atomic E-state index is 2.63. The van der Waals surface area contributed by atoms with E-state index in [0.29, 0.717) is 0 Å². The zero-order chi connectivity index (χ0) is 23.9. The van der Waals surface area contributed by atoms with Crippen LogP contribution >= 0.6 is 0 Å². The van der Waals surface area contributed by atoms with Crippen molar-refractivity contribution in [2.45, 2.75) is 174 Å². The quantitative estimate of drug-likeness (QED) is 0.0870. The molecule has 0 unspecified atom stereocenters. The number of allylic oxidation sites excluding steroid dienone is 4. The fraction of sp³-hybridized carbons (Fsp3) is 0.875. The van der Waals surface area contributed by atoms with Gasteiger partial charge in [-0.1, -0.05) is 0 Å². The van der Waals surface area contributed by atoms with Crippen LogP contribution in [0.5, 0.6) is 0 Å². The Kier molecular flexibility index (Phi) is 21.4. The SMILES string of the molecule is CCCCCCCC[CH2][Pt]([CH2]CCCCCCCC)([CH2]CCCCCCCC)[CH]1C=CC=C1. The van der Waals surface area contributed by atoms with Gasteiger partial charge in [0.25, 0.3) is 0 Å². The molecule has 0 N–H and O–H groups in total. The molecule has 0 amide bonds. The van der Waals surface area contributed by atoms with Crippen LogP contribution in [0.4, 0.5) is 0 Å². The van der Waals surface area contributed by atoms with Crippen LogP contribution in [0.25, 0.3) is 0 Å². The zero-order valence-electron chi connectivity index (χ0n) is 23.2. The fourth-order valence-corrected chi connectivity index (χ4v) is 17.8. The molecule has 0 saturated heterocycles. The van der Waals surface area contributed by atoms with Crippen molar-refractivity contribution in [3.05, 3.63) is 24.3 Å². The van der Waals surface area contributed by atoms with Gasteiger partial charge in [0, 0.05) is 0 Å². The molecule has 0 aliphatic heterocycles. The van der Waals surface area contributed by atoms with Gasteiger partial charge in [-0.3, -0.25) is 0 Å². The van der Waals surface area contributed by atoms with E-state index in [-0.39, 0.29) is 0 Å². The monoisotopic (exact) mass is 641 g/mol. The normalized spacial score (nSPS) is 14.5. The van der Waals surface area contributed by atoms with Crippen LogP contribution in [-0.2, 0) is 16.1 Å². The van der Waals surface area contributed by atoms with Gasteiger partial charge in [0.15, 0.2) is 0 Å². The summed E-state index contributed by atoms with van der Waals surface area (Å²) in [5.74, 6) is 0. The summed E-state index contributed by atoms with van der Waals surface area (Å²) in [6.07, 6.45) is 40.8. The minimum absolute atomic E-state index is 0.887. The second kappa shape index (κ2) is 22.6. The van der Waals surface area contributed by atoms with Crippen molar-refractivity contribution in [1.29, 1.82) is 0 Å². The fourth-order valence-electron chi connectivity index (χ4n) is 4.98. The third kappa shape index (κ3) is 15.7. The molecule has 1 aliphatic carbocycles. The molecule has 0 heterocycles. The summed E-state index contributed by atoms with van der Waals surface area (Å²) in [5.41, 5.74) is 0. The predicted octanol–water partition coefficient (Wildman–Crippen LogP) is 12.6. The molecule has 0 spiro atoms. The van der Waals surface area contributed by atoms with E-state index in [2.05, 4.69) is 45.1 Å². The van der Waals surface area contributed by atoms with Gasteiger partial charge in [0.1, 0.15) is 0 Å². The van der Waals surface area contributed by atoms with Gasteiger partial charge in [-0.15, -0.1) is 0 Å². The molecule has 0 radical (unpaired) electrons. The molecular formula is C32H62Pt. The molecule has 0 atom stereocenters. The Balaban J connectivity index is 2.55. The molecule has 200 valence electrons. The molecule has 33 heavy (non-hydrogen) atoms. The van der Waals surface area contributed by atoms with Crippen LogP contribution < -0.4 is 0 Å². The van der Waals surface area contributed by atoms with Gasteiger partial charge < -0.3 is 0 Å². The molecule has 0 bridgehead atoms. The third-order valence-corrected chi connectivity index (χ3v) is 20.5. The van der Waals surface area contributed by atoms with E-state index in [0.717, 1.165) is 4.31 Å². The second-order valence-corrected chi connectivity index (χ2v) is 21.5. The van der Waals surface area contributed by atoms with Crippen LogP contribution in [0, 0.1) is 0 Å². The number of hydrogen-bond donors (Lipinski definition) is 0. The van der Waals surface area contributed by atoms with Gasteiger partial charge in [0.2, 0.25) is 0 Å². The first kappa shape index (κ1) is 31.2. The van der Waals surface area contributed by atoms with Crippen LogP contribution in [0.15, 0.2) is 24.3 Å². The van der Waals surface area contributed by atoms with Crippen LogP contribution in [0.3, 0.4) is 0 Å². The third-order valence-electron chi connectivity index (χ3n) is 7.22. The number of unbranched alkanes of at least 4 members (excludes halogenated alkanes) is 18. The molecule has 0 aromatic rings.